The Kier molecular flexibility index (Phi) is 7.19. The number of amides is 1. The maximum atomic E-state index is 12.9. The van der Waals surface area contributed by atoms with Crippen molar-refractivity contribution >= 4 is 11.9 Å². The first-order chi connectivity index (χ1) is 15.0. The third-order valence-electron chi connectivity index (χ3n) is 5.54. The molecule has 0 bridgehead atoms. The van der Waals surface area contributed by atoms with Crippen molar-refractivity contribution in [2.24, 2.45) is 5.92 Å². The van der Waals surface area contributed by atoms with Gasteiger partial charge in [0, 0.05) is 6.54 Å². The Hall–Kier alpha value is -2.53. The molecule has 0 saturated carbocycles. The number of benzene rings is 1. The zero-order valence-corrected chi connectivity index (χ0v) is 18.0. The van der Waals surface area contributed by atoms with Gasteiger partial charge in [0.2, 0.25) is 0 Å². The highest BCUT2D eigenvalue weighted by Gasteiger charge is 2.49. The number of ether oxygens (including phenoxy) is 3. The van der Waals surface area contributed by atoms with Gasteiger partial charge in [0.15, 0.2) is 11.5 Å². The van der Waals surface area contributed by atoms with E-state index in [1.807, 2.05) is 23.1 Å². The molecule has 3 aliphatic rings. The molecular weight excluding hydrogens is 433 g/mol. The van der Waals surface area contributed by atoms with Crippen LogP contribution in [-0.4, -0.2) is 92.1 Å². The van der Waals surface area contributed by atoms with E-state index in [0.717, 1.165) is 26.0 Å². The molecule has 32 heavy (non-hydrogen) atoms. The molecule has 178 valence electrons. The van der Waals surface area contributed by atoms with Crippen molar-refractivity contribution in [1.82, 2.24) is 9.80 Å². The van der Waals surface area contributed by atoms with E-state index in [1.165, 1.54) is 0 Å². The molecular formula is C21H27F3N2O6. The number of hydrogen-bond acceptors (Lipinski definition) is 6. The second-order valence-corrected chi connectivity index (χ2v) is 8.45. The monoisotopic (exact) mass is 460 g/mol. The van der Waals surface area contributed by atoms with Gasteiger partial charge in [0.05, 0.1) is 25.3 Å². The Morgan fingerprint density at radius 3 is 2.44 bits per heavy atom. The average Bonchev–Trinajstić information content (AvgIpc) is 2.71. The molecule has 11 heteroatoms. The predicted molar refractivity (Wildman–Crippen MR) is 107 cm³/mol. The van der Waals surface area contributed by atoms with E-state index in [1.54, 1.807) is 0 Å². The zero-order chi connectivity index (χ0) is 23.5. The van der Waals surface area contributed by atoms with Gasteiger partial charge in [-0.1, -0.05) is 6.07 Å². The summed E-state index contributed by atoms with van der Waals surface area (Å²) in [5.41, 5.74) is 0.457. The molecule has 1 aromatic carbocycles. The van der Waals surface area contributed by atoms with Gasteiger partial charge in [-0.05, 0) is 45.0 Å². The summed E-state index contributed by atoms with van der Waals surface area (Å²) in [6.45, 7) is 4.21. The van der Waals surface area contributed by atoms with Gasteiger partial charge in [0.25, 0.3) is 5.91 Å². The number of likely N-dealkylation sites (tertiary alicyclic amines) is 1. The molecule has 0 radical (unpaired) electrons. The molecule has 8 nitrogen and oxygen atoms in total. The van der Waals surface area contributed by atoms with Crippen molar-refractivity contribution in [2.75, 3.05) is 53.6 Å². The van der Waals surface area contributed by atoms with Crippen LogP contribution in [0.25, 0.3) is 0 Å². The molecule has 1 amide bonds. The number of carbonyl (C=O) groups is 2. The summed E-state index contributed by atoms with van der Waals surface area (Å²) in [4.78, 5) is 25.8. The van der Waals surface area contributed by atoms with Crippen molar-refractivity contribution in [2.45, 2.75) is 24.6 Å². The second-order valence-electron chi connectivity index (χ2n) is 8.45. The van der Waals surface area contributed by atoms with Crippen LogP contribution in [-0.2, 0) is 9.53 Å². The number of aliphatic carboxylic acids is 1. The zero-order valence-electron chi connectivity index (χ0n) is 18.0. The smallest absolute Gasteiger partial charge is 0.486 e. The van der Waals surface area contributed by atoms with Gasteiger partial charge < -0.3 is 29.1 Å². The van der Waals surface area contributed by atoms with Gasteiger partial charge in [0.1, 0.15) is 18.8 Å². The summed E-state index contributed by atoms with van der Waals surface area (Å²) >= 11 is 0. The first-order valence-electron chi connectivity index (χ1n) is 10.3. The average molecular weight is 460 g/mol. The molecule has 3 aliphatic heterocycles. The summed E-state index contributed by atoms with van der Waals surface area (Å²) in [6.07, 6.45) is -2.89. The van der Waals surface area contributed by atoms with Crippen LogP contribution < -0.4 is 9.47 Å². The van der Waals surface area contributed by atoms with Crippen molar-refractivity contribution in [3.05, 3.63) is 23.8 Å². The molecule has 1 aromatic rings. The van der Waals surface area contributed by atoms with E-state index in [2.05, 4.69) is 19.0 Å². The highest BCUT2D eigenvalue weighted by molar-refractivity contribution is 5.98. The number of rotatable bonds is 3. The number of carbonyl (C=O) groups excluding carboxylic acids is 1. The van der Waals surface area contributed by atoms with Crippen LogP contribution in [0.3, 0.4) is 0 Å². The minimum Gasteiger partial charge on any atom is -0.486 e. The Morgan fingerprint density at radius 1 is 1.22 bits per heavy atom. The Balaban J connectivity index is 0.000000360. The number of alkyl halides is 3. The molecule has 1 unspecified atom stereocenters. The fraction of sp³-hybridized carbons (Fsp3) is 0.619. The first kappa shape index (κ1) is 24.1. The van der Waals surface area contributed by atoms with E-state index in [-0.39, 0.29) is 11.5 Å². The minimum atomic E-state index is -5.08. The molecule has 2 fully saturated rings. The molecule has 0 aromatic heterocycles. The first-order valence-corrected chi connectivity index (χ1v) is 10.3. The quantitative estimate of drug-likeness (QED) is 0.740. The van der Waals surface area contributed by atoms with Crippen molar-refractivity contribution < 1.29 is 42.1 Å². The summed E-state index contributed by atoms with van der Waals surface area (Å²) in [5, 5.41) is 7.12. The topological polar surface area (TPSA) is 88.5 Å². The number of para-hydroxylation sites is 1. The molecule has 2 saturated heterocycles. The standard InChI is InChI=1S/C19H26N2O4.C2HF3O2/c1-20(2)10-14-6-7-19(25-11-14)12-21(13-19)18(22)15-4-3-5-16-17(15)24-9-8-23-16;3-2(4,5)1(6)7/h3-5,14H,6-13H2,1-2H3;(H,6,7). The third-order valence-corrected chi connectivity index (χ3v) is 5.54. The van der Waals surface area contributed by atoms with E-state index in [9.17, 15) is 18.0 Å². The SMILES string of the molecule is CN(C)CC1CCC2(CN(C(=O)c3cccc4c3OCCO4)C2)OC1.O=C(O)C(F)(F)F. The normalized spacial score (nSPS) is 21.4. The number of halogens is 3. The maximum Gasteiger partial charge on any atom is 0.490 e. The number of carboxylic acids is 1. The van der Waals surface area contributed by atoms with Gasteiger partial charge in [-0.25, -0.2) is 4.79 Å². The van der Waals surface area contributed by atoms with E-state index in [0.29, 0.717) is 49.3 Å². The van der Waals surface area contributed by atoms with Gasteiger partial charge >= 0.3 is 12.1 Å². The van der Waals surface area contributed by atoms with Crippen LogP contribution in [0, 0.1) is 5.92 Å². The van der Waals surface area contributed by atoms with Crippen LogP contribution in [0.2, 0.25) is 0 Å². The van der Waals surface area contributed by atoms with Crippen LogP contribution in [0.15, 0.2) is 18.2 Å². The van der Waals surface area contributed by atoms with E-state index < -0.39 is 12.1 Å². The Labute approximate surface area is 183 Å². The minimum absolute atomic E-state index is 0.00647. The summed E-state index contributed by atoms with van der Waals surface area (Å²) in [6, 6.07) is 5.51. The lowest BCUT2D eigenvalue weighted by molar-refractivity contribution is -0.192. The molecule has 3 heterocycles. The maximum absolute atomic E-state index is 12.9. The van der Waals surface area contributed by atoms with Gasteiger partial charge in [-0.2, -0.15) is 13.2 Å². The lowest BCUT2D eigenvalue weighted by Gasteiger charge is -2.53. The van der Waals surface area contributed by atoms with Crippen molar-refractivity contribution in [1.29, 1.82) is 0 Å². The summed E-state index contributed by atoms with van der Waals surface area (Å²) in [5.74, 6) is -0.917. The third kappa shape index (κ3) is 5.63. The van der Waals surface area contributed by atoms with Crippen molar-refractivity contribution in [3.63, 3.8) is 0 Å². The fourth-order valence-corrected chi connectivity index (χ4v) is 4.03. The Bertz CT molecular complexity index is 829. The molecule has 1 atom stereocenters. The van der Waals surface area contributed by atoms with Crippen LogP contribution >= 0.6 is 0 Å². The van der Waals surface area contributed by atoms with Gasteiger partial charge in [-0.15, -0.1) is 0 Å². The lowest BCUT2D eigenvalue weighted by atomic mass is 9.82. The van der Waals surface area contributed by atoms with Crippen LogP contribution in [0.5, 0.6) is 11.5 Å². The number of carboxylic acid groups (broad SMARTS) is 1. The second kappa shape index (κ2) is 9.53. The van der Waals surface area contributed by atoms with E-state index >= 15 is 0 Å². The fourth-order valence-electron chi connectivity index (χ4n) is 4.03. The molecule has 0 aliphatic carbocycles. The number of hydrogen-bond donors (Lipinski definition) is 1. The van der Waals surface area contributed by atoms with E-state index in [4.69, 9.17) is 24.1 Å². The Morgan fingerprint density at radius 2 is 1.88 bits per heavy atom. The number of fused-ring (bicyclic) bond motifs is 1. The van der Waals surface area contributed by atoms with Crippen molar-refractivity contribution in [3.8, 4) is 11.5 Å². The molecule has 4 rings (SSSR count). The molecule has 1 N–H and O–H groups in total. The lowest BCUT2D eigenvalue weighted by Crippen LogP contribution is -2.66. The number of nitrogens with zero attached hydrogens (tertiary/aromatic N) is 2. The predicted octanol–water partition coefficient (Wildman–Crippen LogP) is 2.27. The van der Waals surface area contributed by atoms with Crippen LogP contribution in [0.1, 0.15) is 23.2 Å². The summed E-state index contributed by atoms with van der Waals surface area (Å²) < 4.78 is 49.2. The largest absolute Gasteiger partial charge is 0.490 e. The molecule has 1 spiro atoms. The summed E-state index contributed by atoms with van der Waals surface area (Å²) in [7, 11) is 4.20. The highest BCUT2D eigenvalue weighted by atomic mass is 19.4. The van der Waals surface area contributed by atoms with Crippen LogP contribution in [0.4, 0.5) is 13.2 Å². The highest BCUT2D eigenvalue weighted by Crippen LogP contribution is 2.39. The van der Waals surface area contributed by atoms with Gasteiger partial charge in [-0.3, -0.25) is 4.79 Å².